The summed E-state index contributed by atoms with van der Waals surface area (Å²) >= 11 is 0. The van der Waals surface area contributed by atoms with Gasteiger partial charge >= 0.3 is 0 Å². The molecule has 4 heteroatoms. The number of rotatable bonds is 4. The van der Waals surface area contributed by atoms with Gasteiger partial charge in [-0.2, -0.15) is 0 Å². The Labute approximate surface area is 121 Å². The molecule has 1 aromatic rings. The molecule has 1 heterocycles. The first kappa shape index (κ1) is 14.9. The highest BCUT2D eigenvalue weighted by molar-refractivity contribution is 5.85. The Kier molecular flexibility index (Phi) is 5.01. The van der Waals surface area contributed by atoms with Crippen molar-refractivity contribution < 1.29 is 4.79 Å². The van der Waals surface area contributed by atoms with Gasteiger partial charge < -0.3 is 16.0 Å². The van der Waals surface area contributed by atoms with Gasteiger partial charge in [0, 0.05) is 24.8 Å². The molecule has 3 N–H and O–H groups in total. The highest BCUT2D eigenvalue weighted by Crippen LogP contribution is 2.24. The largest absolute Gasteiger partial charge is 0.357 e. The zero-order chi connectivity index (χ0) is 14.5. The number of hydrogen-bond acceptors (Lipinski definition) is 3. The fraction of sp³-hybridized carbons (Fsp3) is 0.562. The molecule has 1 saturated heterocycles. The summed E-state index contributed by atoms with van der Waals surface area (Å²) in [6, 6.07) is 8.44. The van der Waals surface area contributed by atoms with Crippen LogP contribution in [0.1, 0.15) is 38.7 Å². The van der Waals surface area contributed by atoms with Gasteiger partial charge in [0.25, 0.3) is 0 Å². The average molecular weight is 275 g/mol. The number of amides is 1. The fourth-order valence-corrected chi connectivity index (χ4v) is 2.83. The van der Waals surface area contributed by atoms with E-state index in [1.807, 2.05) is 12.1 Å². The van der Waals surface area contributed by atoms with E-state index in [-0.39, 0.29) is 18.0 Å². The van der Waals surface area contributed by atoms with Crippen LogP contribution in [-0.2, 0) is 11.3 Å². The lowest BCUT2D eigenvalue weighted by molar-refractivity contribution is -0.122. The quantitative estimate of drug-likeness (QED) is 0.884. The minimum absolute atomic E-state index is 0.0683. The zero-order valence-corrected chi connectivity index (χ0v) is 12.4. The van der Waals surface area contributed by atoms with Crippen LogP contribution in [0.15, 0.2) is 24.3 Å². The van der Waals surface area contributed by atoms with Crippen LogP contribution in [0, 0.1) is 0 Å². The van der Waals surface area contributed by atoms with Crippen LogP contribution in [0.25, 0.3) is 0 Å². The summed E-state index contributed by atoms with van der Waals surface area (Å²) in [5, 5.41) is 3.02. The van der Waals surface area contributed by atoms with Gasteiger partial charge in [-0.15, -0.1) is 0 Å². The number of anilines is 1. The van der Waals surface area contributed by atoms with Gasteiger partial charge in [0.15, 0.2) is 0 Å². The van der Waals surface area contributed by atoms with Gasteiger partial charge in [0.1, 0.15) is 6.04 Å². The minimum Gasteiger partial charge on any atom is -0.357 e. The number of nitrogens with zero attached hydrogens (tertiary/aromatic N) is 1. The maximum absolute atomic E-state index is 12.3. The lowest BCUT2D eigenvalue weighted by atomic mass is 10.0. The summed E-state index contributed by atoms with van der Waals surface area (Å²) in [7, 11) is 0. The van der Waals surface area contributed by atoms with Crippen LogP contribution < -0.4 is 16.0 Å². The normalized spacial score (nSPS) is 19.6. The van der Waals surface area contributed by atoms with Crippen molar-refractivity contribution in [2.24, 2.45) is 5.73 Å². The van der Waals surface area contributed by atoms with Crippen LogP contribution in [-0.4, -0.2) is 24.5 Å². The Balaban J connectivity index is 2.26. The number of nitrogens with two attached hydrogens (primary N) is 1. The maximum atomic E-state index is 12.3. The van der Waals surface area contributed by atoms with E-state index in [9.17, 15) is 4.79 Å². The molecule has 0 spiro atoms. The van der Waals surface area contributed by atoms with Gasteiger partial charge in [-0.25, -0.2) is 0 Å². The molecule has 0 saturated carbocycles. The molecule has 1 aliphatic rings. The number of nitrogens with one attached hydrogen (secondary N) is 1. The number of hydrogen-bond donors (Lipinski definition) is 2. The zero-order valence-electron chi connectivity index (χ0n) is 12.4. The van der Waals surface area contributed by atoms with Gasteiger partial charge in [-0.05, 0) is 50.8 Å². The highest BCUT2D eigenvalue weighted by Gasteiger charge is 2.29. The summed E-state index contributed by atoms with van der Waals surface area (Å²) in [5.74, 6) is 0.152. The first-order valence-electron chi connectivity index (χ1n) is 7.48. The van der Waals surface area contributed by atoms with E-state index in [0.717, 1.165) is 37.1 Å². The van der Waals surface area contributed by atoms with Crippen LogP contribution in [0.3, 0.4) is 0 Å². The third kappa shape index (κ3) is 3.31. The van der Waals surface area contributed by atoms with E-state index in [1.54, 1.807) is 0 Å². The second kappa shape index (κ2) is 6.75. The van der Waals surface area contributed by atoms with Crippen molar-refractivity contribution in [2.75, 3.05) is 11.4 Å². The molecular formula is C16H25N3O. The second-order valence-electron chi connectivity index (χ2n) is 5.67. The molecule has 0 aromatic heterocycles. The van der Waals surface area contributed by atoms with Gasteiger partial charge in [-0.3, -0.25) is 4.79 Å². The van der Waals surface area contributed by atoms with Crippen molar-refractivity contribution >= 4 is 11.6 Å². The molecule has 1 aliphatic heterocycles. The van der Waals surface area contributed by atoms with E-state index >= 15 is 0 Å². The van der Waals surface area contributed by atoms with Crippen molar-refractivity contribution in [3.63, 3.8) is 0 Å². The Morgan fingerprint density at radius 1 is 1.30 bits per heavy atom. The lowest BCUT2D eigenvalue weighted by Crippen LogP contribution is -2.49. The summed E-state index contributed by atoms with van der Waals surface area (Å²) in [6.45, 7) is 5.61. The standard InChI is InChI=1S/C16H25N3O/c1-12(2)19(14-8-6-13(11-17)7-9-14)15-5-3-4-10-18-16(15)20/h6-9,12,15H,3-5,10-11,17H2,1-2H3,(H,18,20). The number of carbonyl (C=O) groups is 1. The molecule has 0 radical (unpaired) electrons. The Bertz CT molecular complexity index is 442. The first-order chi connectivity index (χ1) is 9.63. The van der Waals surface area contributed by atoms with Crippen LogP contribution in [0.5, 0.6) is 0 Å². The van der Waals surface area contributed by atoms with Crippen LogP contribution in [0.2, 0.25) is 0 Å². The maximum Gasteiger partial charge on any atom is 0.242 e. The molecular weight excluding hydrogens is 250 g/mol. The first-order valence-corrected chi connectivity index (χ1v) is 7.48. The minimum atomic E-state index is -0.0683. The second-order valence-corrected chi connectivity index (χ2v) is 5.67. The monoisotopic (exact) mass is 275 g/mol. The molecule has 2 rings (SSSR count). The summed E-state index contributed by atoms with van der Waals surface area (Å²) in [4.78, 5) is 14.5. The Morgan fingerprint density at radius 3 is 2.60 bits per heavy atom. The van der Waals surface area contributed by atoms with Gasteiger partial charge in [0.2, 0.25) is 5.91 Å². The molecule has 4 nitrogen and oxygen atoms in total. The smallest absolute Gasteiger partial charge is 0.242 e. The van der Waals surface area contributed by atoms with Crippen LogP contribution in [0.4, 0.5) is 5.69 Å². The highest BCUT2D eigenvalue weighted by atomic mass is 16.2. The molecule has 1 amide bonds. The summed E-state index contributed by atoms with van der Waals surface area (Å²) in [6.07, 6.45) is 3.08. The molecule has 1 unspecified atom stereocenters. The molecule has 110 valence electrons. The van der Waals surface area contributed by atoms with Crippen molar-refractivity contribution in [2.45, 2.75) is 51.7 Å². The van der Waals surface area contributed by atoms with Crippen molar-refractivity contribution in [3.8, 4) is 0 Å². The van der Waals surface area contributed by atoms with Crippen molar-refractivity contribution in [1.82, 2.24) is 5.32 Å². The predicted molar refractivity (Wildman–Crippen MR) is 82.6 cm³/mol. The molecule has 1 aromatic carbocycles. The molecule has 1 atom stereocenters. The average Bonchev–Trinajstić information content (AvgIpc) is 2.65. The predicted octanol–water partition coefficient (Wildman–Crippen LogP) is 2.03. The van der Waals surface area contributed by atoms with E-state index in [0.29, 0.717) is 6.54 Å². The van der Waals surface area contributed by atoms with Crippen molar-refractivity contribution in [1.29, 1.82) is 0 Å². The van der Waals surface area contributed by atoms with E-state index in [2.05, 4.69) is 36.2 Å². The lowest BCUT2D eigenvalue weighted by Gasteiger charge is -2.35. The molecule has 20 heavy (non-hydrogen) atoms. The third-order valence-electron chi connectivity index (χ3n) is 3.87. The molecule has 0 aliphatic carbocycles. The Hall–Kier alpha value is -1.55. The van der Waals surface area contributed by atoms with E-state index in [4.69, 9.17) is 5.73 Å². The fourth-order valence-electron chi connectivity index (χ4n) is 2.83. The molecule has 1 fully saturated rings. The summed E-state index contributed by atoms with van der Waals surface area (Å²) < 4.78 is 0. The SMILES string of the molecule is CC(C)N(c1ccc(CN)cc1)C1CCCCNC1=O. The Morgan fingerprint density at radius 2 is 2.00 bits per heavy atom. The van der Waals surface area contributed by atoms with Crippen molar-refractivity contribution in [3.05, 3.63) is 29.8 Å². The van der Waals surface area contributed by atoms with Crippen LogP contribution >= 0.6 is 0 Å². The van der Waals surface area contributed by atoms with Gasteiger partial charge in [-0.1, -0.05) is 12.1 Å². The van der Waals surface area contributed by atoms with Gasteiger partial charge in [0.05, 0.1) is 0 Å². The summed E-state index contributed by atoms with van der Waals surface area (Å²) in [5.41, 5.74) is 7.85. The van der Waals surface area contributed by atoms with E-state index < -0.39 is 0 Å². The third-order valence-corrected chi connectivity index (χ3v) is 3.87. The number of benzene rings is 1. The number of carbonyl (C=O) groups excluding carboxylic acids is 1. The van der Waals surface area contributed by atoms with E-state index in [1.165, 1.54) is 0 Å². The topological polar surface area (TPSA) is 58.4 Å². The molecule has 0 bridgehead atoms.